The average Bonchev–Trinajstić information content (AvgIpc) is 2.46. The number of benzene rings is 1. The van der Waals surface area contributed by atoms with E-state index in [1.54, 1.807) is 32.4 Å². The molecule has 0 fully saturated rings. The van der Waals surface area contributed by atoms with Gasteiger partial charge in [-0.1, -0.05) is 0 Å². The predicted octanol–water partition coefficient (Wildman–Crippen LogP) is 2.62. The molecule has 2 aromatic rings. The summed E-state index contributed by atoms with van der Waals surface area (Å²) in [4.78, 5) is 10.4. The van der Waals surface area contributed by atoms with Gasteiger partial charge in [0.1, 0.15) is 0 Å². The van der Waals surface area contributed by atoms with Gasteiger partial charge in [-0.25, -0.2) is 0 Å². The molecule has 0 aliphatic heterocycles. The number of nitro benzene ring substituents is 1. The molecule has 0 radical (unpaired) electrons. The van der Waals surface area contributed by atoms with Crippen molar-refractivity contribution in [1.29, 1.82) is 0 Å². The Bertz CT molecular complexity index is 615. The van der Waals surface area contributed by atoms with E-state index in [4.69, 9.17) is 9.47 Å². The Morgan fingerprint density at radius 2 is 2.00 bits per heavy atom. The normalized spacial score (nSPS) is 9.79. The van der Waals surface area contributed by atoms with E-state index in [9.17, 15) is 10.1 Å². The molecule has 19 heavy (non-hydrogen) atoms. The zero-order valence-electron chi connectivity index (χ0n) is 10.6. The van der Waals surface area contributed by atoms with Crippen LogP contribution in [0.25, 0.3) is 11.0 Å². The molecule has 0 aliphatic carbocycles. The second-order valence-electron chi connectivity index (χ2n) is 3.85. The zero-order chi connectivity index (χ0) is 13.8. The van der Waals surface area contributed by atoms with Crippen LogP contribution < -0.4 is 9.47 Å². The Labute approximate surface area is 111 Å². The van der Waals surface area contributed by atoms with Crippen molar-refractivity contribution in [1.82, 2.24) is 0 Å². The molecule has 0 N–H and O–H groups in total. The van der Waals surface area contributed by atoms with E-state index >= 15 is 0 Å². The van der Waals surface area contributed by atoms with Crippen LogP contribution in [0.3, 0.4) is 0 Å². The van der Waals surface area contributed by atoms with Crippen molar-refractivity contribution in [2.45, 2.75) is 0 Å². The monoisotopic (exact) mass is 257 g/mol. The molecule has 1 aromatic heterocycles. The zero-order valence-corrected chi connectivity index (χ0v) is 10.6. The van der Waals surface area contributed by atoms with Gasteiger partial charge in [0.2, 0.25) is 0 Å². The van der Waals surface area contributed by atoms with Gasteiger partial charge >= 0.3 is 110 Å². The van der Waals surface area contributed by atoms with Crippen LogP contribution in [0.4, 0.5) is 5.69 Å². The summed E-state index contributed by atoms with van der Waals surface area (Å²) in [6.45, 7) is 1.83. The Kier molecular flexibility index (Phi) is 3.80. The van der Waals surface area contributed by atoms with Crippen molar-refractivity contribution < 1.29 is 14.4 Å². The molecule has 0 saturated heterocycles. The van der Waals surface area contributed by atoms with Gasteiger partial charge in [-0.2, -0.15) is 0 Å². The first-order chi connectivity index (χ1) is 9.17. The second kappa shape index (κ2) is 5.52. The quantitative estimate of drug-likeness (QED) is 0.623. The van der Waals surface area contributed by atoms with E-state index in [0.29, 0.717) is 17.1 Å². The molecule has 0 atom stereocenters. The fourth-order valence-electron chi connectivity index (χ4n) is 1.90. The maximum atomic E-state index is 10.8. The molecular formula is C13H12BNO4. The Balaban J connectivity index is 2.58. The van der Waals surface area contributed by atoms with Gasteiger partial charge in [0.15, 0.2) is 0 Å². The number of non-ortho nitro benzene ring substituents is 1. The van der Waals surface area contributed by atoms with Crippen LogP contribution in [0.15, 0.2) is 36.3 Å². The van der Waals surface area contributed by atoms with Crippen molar-refractivity contribution in [3.8, 4) is 22.5 Å². The van der Waals surface area contributed by atoms with Gasteiger partial charge in [-0.05, 0) is 0 Å². The summed E-state index contributed by atoms with van der Waals surface area (Å²) in [6, 6.07) is 8.18. The summed E-state index contributed by atoms with van der Waals surface area (Å²) in [5, 5.41) is 10.8. The topological polar surface area (TPSA) is 61.6 Å². The SMILES string of the molecule is COc1ccbc(-c2cccc([N+](=O)[O-])c2)c1OC. The Hall–Kier alpha value is -2.37. The van der Waals surface area contributed by atoms with Gasteiger partial charge in [0.05, 0.1) is 0 Å². The van der Waals surface area contributed by atoms with Gasteiger partial charge in [0.25, 0.3) is 0 Å². The number of hydrogen-bond acceptors (Lipinski definition) is 4. The van der Waals surface area contributed by atoms with Gasteiger partial charge < -0.3 is 0 Å². The molecule has 0 bridgehead atoms. The Morgan fingerprint density at radius 1 is 1.21 bits per heavy atom. The molecule has 5 nitrogen and oxygen atoms in total. The fraction of sp³-hybridized carbons (Fsp3) is 0.154. The van der Waals surface area contributed by atoms with Gasteiger partial charge in [0, 0.05) is 0 Å². The minimum absolute atomic E-state index is 0.0439. The van der Waals surface area contributed by atoms with Crippen LogP contribution in [0.2, 0.25) is 0 Å². The molecule has 0 amide bonds. The van der Waals surface area contributed by atoms with Crippen LogP contribution in [-0.4, -0.2) is 26.1 Å². The molecule has 96 valence electrons. The number of ether oxygens (including phenoxy) is 2. The molecule has 6 heteroatoms. The van der Waals surface area contributed by atoms with Crippen molar-refractivity contribution in [3.05, 3.63) is 46.4 Å². The van der Waals surface area contributed by atoms with Gasteiger partial charge in [-0.3, -0.25) is 0 Å². The summed E-state index contributed by atoms with van der Waals surface area (Å²) in [5.41, 5.74) is 1.51. The number of rotatable bonds is 4. The number of hydrogen-bond donors (Lipinski definition) is 0. The van der Waals surface area contributed by atoms with Gasteiger partial charge in [-0.15, -0.1) is 0 Å². The standard InChI is InChI=1S/C13H12BNO4/c1-18-11-6-7-14-12(13(11)19-2)9-4-3-5-10(8-9)15(16)17/h3-8H,1-2H3. The number of nitrogens with zero attached hydrogens (tertiary/aromatic N) is 1. The van der Waals surface area contributed by atoms with E-state index in [1.165, 1.54) is 12.1 Å². The average molecular weight is 257 g/mol. The fourth-order valence-corrected chi connectivity index (χ4v) is 1.90. The maximum absolute atomic E-state index is 10.8. The van der Waals surface area contributed by atoms with E-state index in [0.717, 1.165) is 5.46 Å². The molecule has 0 saturated carbocycles. The summed E-state index contributed by atoms with van der Waals surface area (Å²) in [7, 11) is 3.09. The second-order valence-corrected chi connectivity index (χ2v) is 3.85. The van der Waals surface area contributed by atoms with E-state index < -0.39 is 4.92 Å². The third kappa shape index (κ3) is 2.57. The van der Waals surface area contributed by atoms with Crippen LogP contribution in [0.1, 0.15) is 0 Å². The predicted molar refractivity (Wildman–Crippen MR) is 73.0 cm³/mol. The third-order valence-electron chi connectivity index (χ3n) is 2.77. The van der Waals surface area contributed by atoms with Crippen LogP contribution in [-0.2, 0) is 0 Å². The van der Waals surface area contributed by atoms with Crippen molar-refractivity contribution in [2.75, 3.05) is 14.2 Å². The molecule has 1 aromatic carbocycles. The Morgan fingerprint density at radius 3 is 2.63 bits per heavy atom. The van der Waals surface area contributed by atoms with Crippen LogP contribution in [0.5, 0.6) is 11.5 Å². The first kappa shape index (κ1) is 13.1. The molecule has 2 rings (SSSR count). The van der Waals surface area contributed by atoms with Crippen molar-refractivity contribution in [3.63, 3.8) is 0 Å². The van der Waals surface area contributed by atoms with Crippen LogP contribution >= 0.6 is 0 Å². The first-order valence-corrected chi connectivity index (χ1v) is 5.63. The first-order valence-electron chi connectivity index (χ1n) is 5.63. The summed E-state index contributed by atoms with van der Waals surface area (Å²) in [5.74, 6) is 2.97. The van der Waals surface area contributed by atoms with Crippen molar-refractivity contribution >= 4 is 12.6 Å². The minimum atomic E-state index is -0.420. The molecule has 0 spiro atoms. The molecule has 0 unspecified atom stereocenters. The van der Waals surface area contributed by atoms with E-state index in [1.807, 2.05) is 12.9 Å². The van der Waals surface area contributed by atoms with E-state index in [2.05, 4.69) is 0 Å². The van der Waals surface area contributed by atoms with E-state index in [-0.39, 0.29) is 5.69 Å². The molecule has 1 heterocycles. The number of nitro groups is 1. The molecular weight excluding hydrogens is 245 g/mol. The summed E-state index contributed by atoms with van der Waals surface area (Å²) >= 11 is 0. The third-order valence-corrected chi connectivity index (χ3v) is 2.77. The summed E-state index contributed by atoms with van der Waals surface area (Å²) in [6.07, 6.45) is 0. The van der Waals surface area contributed by atoms with Crippen molar-refractivity contribution in [2.24, 2.45) is 0 Å². The number of methoxy groups -OCH3 is 2. The molecule has 0 aliphatic rings. The van der Waals surface area contributed by atoms with Crippen LogP contribution in [0, 0.1) is 10.1 Å². The summed E-state index contributed by atoms with van der Waals surface area (Å²) < 4.78 is 10.5.